The van der Waals surface area contributed by atoms with Crippen molar-refractivity contribution in [3.05, 3.63) is 46.5 Å². The SMILES string of the molecule is COc1cc(N)c(Cl)cc1C(=O)N[C@H]1CCN(CCCCNCc2nccnc2C#N)C[C@H]1OC. The lowest BCUT2D eigenvalue weighted by Crippen LogP contribution is -2.54. The van der Waals surface area contributed by atoms with Crippen molar-refractivity contribution in [1.29, 1.82) is 5.26 Å². The van der Waals surface area contributed by atoms with Crippen molar-refractivity contribution in [1.82, 2.24) is 25.5 Å². The van der Waals surface area contributed by atoms with Crippen LogP contribution >= 0.6 is 11.6 Å². The number of halogens is 1. The Labute approximate surface area is 210 Å². The monoisotopic (exact) mass is 501 g/mol. The molecule has 3 rings (SSSR count). The van der Waals surface area contributed by atoms with Crippen molar-refractivity contribution in [2.75, 3.05) is 46.1 Å². The highest BCUT2D eigenvalue weighted by Crippen LogP contribution is 2.29. The fraction of sp³-hybridized carbons (Fsp3) is 0.500. The van der Waals surface area contributed by atoms with E-state index in [1.165, 1.54) is 19.4 Å². The Hall–Kier alpha value is -2.97. The molecule has 0 unspecified atom stereocenters. The van der Waals surface area contributed by atoms with E-state index in [1.807, 2.05) is 0 Å². The van der Waals surface area contributed by atoms with E-state index in [1.54, 1.807) is 19.4 Å². The first kappa shape index (κ1) is 26.6. The fourth-order valence-electron chi connectivity index (χ4n) is 4.13. The van der Waals surface area contributed by atoms with Gasteiger partial charge in [0.25, 0.3) is 5.91 Å². The van der Waals surface area contributed by atoms with Gasteiger partial charge < -0.3 is 30.7 Å². The maximum atomic E-state index is 12.9. The molecule has 1 aliphatic rings. The first-order chi connectivity index (χ1) is 17.0. The summed E-state index contributed by atoms with van der Waals surface area (Å²) >= 11 is 6.11. The minimum atomic E-state index is -0.266. The molecule has 2 heterocycles. The molecule has 1 fully saturated rings. The van der Waals surface area contributed by atoms with Gasteiger partial charge in [0.2, 0.25) is 0 Å². The fourth-order valence-corrected chi connectivity index (χ4v) is 4.29. The Morgan fingerprint density at radius 2 is 2.11 bits per heavy atom. The second-order valence-corrected chi connectivity index (χ2v) is 8.77. The number of nitrogens with zero attached hydrogens (tertiary/aromatic N) is 4. The molecule has 1 saturated heterocycles. The number of amides is 1. The standard InChI is InChI=1S/C24H32ClN7O3/c1-34-22-12-18(27)17(25)11-16(22)24(33)31-19-5-10-32(15-23(19)35-2)9-4-3-6-28-14-21-20(13-26)29-7-8-30-21/h7-8,11-12,19,23,28H,3-6,9-10,14-15,27H2,1-2H3,(H,31,33)/t19-,23+/m0/s1. The second kappa shape index (κ2) is 13.2. The number of anilines is 1. The van der Waals surface area contributed by atoms with E-state index in [9.17, 15) is 4.79 Å². The van der Waals surface area contributed by atoms with Crippen LogP contribution in [-0.2, 0) is 11.3 Å². The van der Waals surface area contributed by atoms with Gasteiger partial charge in [-0.1, -0.05) is 11.6 Å². The Kier molecular flexibility index (Phi) is 10.0. The van der Waals surface area contributed by atoms with Gasteiger partial charge in [0, 0.05) is 45.2 Å². The Morgan fingerprint density at radius 3 is 2.86 bits per heavy atom. The molecule has 1 aromatic carbocycles. The summed E-state index contributed by atoms with van der Waals surface area (Å²) in [4.78, 5) is 23.5. The van der Waals surface area contributed by atoms with Gasteiger partial charge in [0.05, 0.1) is 41.2 Å². The highest BCUT2D eigenvalue weighted by atomic mass is 35.5. The predicted octanol–water partition coefficient (Wildman–Crippen LogP) is 1.98. The molecular weight excluding hydrogens is 470 g/mol. The zero-order chi connectivity index (χ0) is 25.2. The molecule has 4 N–H and O–H groups in total. The van der Waals surface area contributed by atoms with Gasteiger partial charge in [-0.15, -0.1) is 0 Å². The van der Waals surface area contributed by atoms with Gasteiger partial charge in [-0.05, 0) is 38.4 Å². The van der Waals surface area contributed by atoms with Crippen LogP contribution < -0.4 is 21.1 Å². The smallest absolute Gasteiger partial charge is 0.255 e. The number of nitrogens with one attached hydrogen (secondary N) is 2. The van der Waals surface area contributed by atoms with Gasteiger partial charge in [0.1, 0.15) is 11.8 Å². The van der Waals surface area contributed by atoms with Crippen LogP contribution in [0.15, 0.2) is 24.5 Å². The Morgan fingerprint density at radius 1 is 1.31 bits per heavy atom. The number of nitriles is 1. The molecule has 0 bridgehead atoms. The number of nitrogen functional groups attached to an aromatic ring is 1. The molecule has 0 radical (unpaired) electrons. The summed E-state index contributed by atoms with van der Waals surface area (Å²) in [7, 11) is 3.16. The molecule has 2 aromatic rings. The van der Waals surface area contributed by atoms with E-state index in [0.717, 1.165) is 45.4 Å². The van der Waals surface area contributed by atoms with Crippen LogP contribution in [0.4, 0.5) is 5.69 Å². The maximum Gasteiger partial charge on any atom is 0.255 e. The number of aromatic nitrogens is 2. The molecule has 1 aromatic heterocycles. The van der Waals surface area contributed by atoms with E-state index < -0.39 is 0 Å². The lowest BCUT2D eigenvalue weighted by molar-refractivity contribution is 0.00601. The molecule has 1 amide bonds. The van der Waals surface area contributed by atoms with Crippen LogP contribution in [0.5, 0.6) is 5.75 Å². The van der Waals surface area contributed by atoms with Crippen molar-refractivity contribution in [2.45, 2.75) is 38.0 Å². The summed E-state index contributed by atoms with van der Waals surface area (Å²) < 4.78 is 11.0. The molecular formula is C24H32ClN7O3. The molecule has 0 spiro atoms. The predicted molar refractivity (Wildman–Crippen MR) is 133 cm³/mol. The summed E-state index contributed by atoms with van der Waals surface area (Å²) in [6, 6.07) is 5.02. The summed E-state index contributed by atoms with van der Waals surface area (Å²) in [5.74, 6) is 0.116. The van der Waals surface area contributed by atoms with Crippen molar-refractivity contribution in [3.63, 3.8) is 0 Å². The van der Waals surface area contributed by atoms with Crippen LogP contribution in [-0.4, -0.2) is 73.3 Å². The number of nitrogens with two attached hydrogens (primary N) is 1. The summed E-state index contributed by atoms with van der Waals surface area (Å²) in [5, 5.41) is 15.8. The number of unbranched alkanes of at least 4 members (excludes halogenated alkanes) is 1. The minimum Gasteiger partial charge on any atom is -0.496 e. The summed E-state index contributed by atoms with van der Waals surface area (Å²) in [6.07, 6.45) is 5.78. The number of methoxy groups -OCH3 is 2. The third-order valence-electron chi connectivity index (χ3n) is 6.08. The Bertz CT molecular complexity index is 1050. The van der Waals surface area contributed by atoms with E-state index >= 15 is 0 Å². The average molecular weight is 502 g/mol. The average Bonchev–Trinajstić information content (AvgIpc) is 2.88. The number of carbonyl (C=O) groups excluding carboxylic acids is 1. The number of carbonyl (C=O) groups is 1. The lowest BCUT2D eigenvalue weighted by Gasteiger charge is -2.38. The van der Waals surface area contributed by atoms with Gasteiger partial charge >= 0.3 is 0 Å². The lowest BCUT2D eigenvalue weighted by atomic mass is 10.0. The topological polar surface area (TPSA) is 138 Å². The van der Waals surface area contributed by atoms with Crippen LogP contribution in [0.3, 0.4) is 0 Å². The number of likely N-dealkylation sites (tertiary alicyclic amines) is 1. The molecule has 11 heteroatoms. The first-order valence-corrected chi connectivity index (χ1v) is 11.9. The quantitative estimate of drug-likeness (QED) is 0.311. The highest BCUT2D eigenvalue weighted by molar-refractivity contribution is 6.33. The van der Waals surface area contributed by atoms with Gasteiger partial charge in [-0.3, -0.25) is 9.78 Å². The number of ether oxygens (including phenoxy) is 2. The third kappa shape index (κ3) is 7.26. The van der Waals surface area contributed by atoms with E-state index in [-0.39, 0.29) is 18.1 Å². The molecule has 188 valence electrons. The molecule has 10 nitrogen and oxygen atoms in total. The number of hydrogen-bond donors (Lipinski definition) is 3. The normalized spacial score (nSPS) is 18.1. The molecule has 0 aliphatic carbocycles. The van der Waals surface area contributed by atoms with E-state index in [2.05, 4.69) is 31.6 Å². The van der Waals surface area contributed by atoms with Crippen molar-refractivity contribution in [2.24, 2.45) is 0 Å². The number of hydrogen-bond acceptors (Lipinski definition) is 9. The largest absolute Gasteiger partial charge is 0.496 e. The van der Waals surface area contributed by atoms with Crippen molar-refractivity contribution in [3.8, 4) is 11.8 Å². The van der Waals surface area contributed by atoms with E-state index in [4.69, 9.17) is 32.1 Å². The maximum absolute atomic E-state index is 12.9. The van der Waals surface area contributed by atoms with Gasteiger partial charge in [0.15, 0.2) is 5.69 Å². The Balaban J connectivity index is 1.42. The van der Waals surface area contributed by atoms with Gasteiger partial charge in [-0.25, -0.2) is 4.98 Å². The summed E-state index contributed by atoms with van der Waals surface area (Å²) in [5.41, 5.74) is 7.56. The van der Waals surface area contributed by atoms with Crippen LogP contribution in [0, 0.1) is 11.3 Å². The zero-order valence-electron chi connectivity index (χ0n) is 20.1. The number of piperidine rings is 1. The first-order valence-electron chi connectivity index (χ1n) is 11.6. The number of benzene rings is 1. The number of rotatable bonds is 11. The van der Waals surface area contributed by atoms with Crippen molar-refractivity contribution < 1.29 is 14.3 Å². The minimum absolute atomic E-state index is 0.118. The zero-order valence-corrected chi connectivity index (χ0v) is 20.8. The summed E-state index contributed by atoms with van der Waals surface area (Å²) in [6.45, 7) is 3.89. The molecule has 2 atom stereocenters. The van der Waals surface area contributed by atoms with Gasteiger partial charge in [-0.2, -0.15) is 5.26 Å². The molecule has 0 saturated carbocycles. The highest BCUT2D eigenvalue weighted by Gasteiger charge is 2.31. The van der Waals surface area contributed by atoms with E-state index in [0.29, 0.717) is 40.0 Å². The van der Waals surface area contributed by atoms with Crippen molar-refractivity contribution >= 4 is 23.2 Å². The van der Waals surface area contributed by atoms with Crippen LogP contribution in [0.2, 0.25) is 5.02 Å². The molecule has 35 heavy (non-hydrogen) atoms. The van der Waals surface area contributed by atoms with Crippen LogP contribution in [0.1, 0.15) is 41.0 Å². The van der Waals surface area contributed by atoms with Crippen LogP contribution in [0.25, 0.3) is 0 Å². The second-order valence-electron chi connectivity index (χ2n) is 8.36. The third-order valence-corrected chi connectivity index (χ3v) is 6.40. The molecule has 1 aliphatic heterocycles.